The molecule has 0 unspecified atom stereocenters. The maximum Gasteiger partial charge on any atom is 0.408 e. The van der Waals surface area contributed by atoms with Crippen LogP contribution in [0.3, 0.4) is 0 Å². The summed E-state index contributed by atoms with van der Waals surface area (Å²) in [5.41, 5.74) is -0.263. The zero-order valence-corrected chi connectivity index (χ0v) is 16.6. The molecule has 1 N–H and O–H groups in total. The predicted octanol–water partition coefficient (Wildman–Crippen LogP) is 3.96. The Labute approximate surface area is 161 Å². The molecule has 7 nitrogen and oxygen atoms in total. The predicted molar refractivity (Wildman–Crippen MR) is 101 cm³/mol. The van der Waals surface area contributed by atoms with E-state index in [4.69, 9.17) is 25.5 Å². The largest absolute Gasteiger partial charge is 0.444 e. The van der Waals surface area contributed by atoms with Crippen LogP contribution in [-0.2, 0) is 9.53 Å². The topological polar surface area (TPSA) is 94.8 Å². The minimum Gasteiger partial charge on any atom is -0.444 e. The third kappa shape index (κ3) is 5.47. The van der Waals surface area contributed by atoms with Gasteiger partial charge >= 0.3 is 17.7 Å². The Balaban J connectivity index is 2.21. The van der Waals surface area contributed by atoms with Crippen molar-refractivity contribution in [2.75, 3.05) is 0 Å². The van der Waals surface area contributed by atoms with Gasteiger partial charge in [0, 0.05) is 17.5 Å². The van der Waals surface area contributed by atoms with Gasteiger partial charge in [-0.1, -0.05) is 18.5 Å². The van der Waals surface area contributed by atoms with Gasteiger partial charge in [-0.05, 0) is 45.7 Å². The van der Waals surface area contributed by atoms with Gasteiger partial charge in [0.25, 0.3) is 0 Å². The number of benzene rings is 1. The van der Waals surface area contributed by atoms with Gasteiger partial charge in [0.15, 0.2) is 5.75 Å². The van der Waals surface area contributed by atoms with E-state index in [9.17, 15) is 14.4 Å². The Morgan fingerprint density at radius 1 is 1.26 bits per heavy atom. The Hall–Kier alpha value is -2.54. The first-order valence-corrected chi connectivity index (χ1v) is 8.83. The van der Waals surface area contributed by atoms with Crippen molar-refractivity contribution >= 4 is 34.6 Å². The Morgan fingerprint density at radius 2 is 1.93 bits per heavy atom. The minimum absolute atomic E-state index is 0.0346. The van der Waals surface area contributed by atoms with Crippen LogP contribution in [0, 0.1) is 6.92 Å². The third-order valence-corrected chi connectivity index (χ3v) is 3.89. The number of amides is 1. The fourth-order valence-corrected chi connectivity index (χ4v) is 2.56. The lowest BCUT2D eigenvalue weighted by Gasteiger charge is -2.22. The second-order valence-corrected chi connectivity index (χ2v) is 7.46. The first-order chi connectivity index (χ1) is 12.5. The average Bonchev–Trinajstić information content (AvgIpc) is 2.52. The number of carbonyl (C=O) groups excluding carboxylic acids is 2. The molecule has 1 aromatic carbocycles. The van der Waals surface area contributed by atoms with Crippen LogP contribution in [0.15, 0.2) is 27.4 Å². The van der Waals surface area contributed by atoms with Crippen molar-refractivity contribution in [3.8, 4) is 5.75 Å². The van der Waals surface area contributed by atoms with Crippen molar-refractivity contribution in [2.24, 2.45) is 0 Å². The number of aryl methyl sites for hydroxylation is 1. The van der Waals surface area contributed by atoms with E-state index in [0.717, 1.165) is 0 Å². The summed E-state index contributed by atoms with van der Waals surface area (Å²) in [6.07, 6.45) is -0.435. The fourth-order valence-electron chi connectivity index (χ4n) is 2.35. The van der Waals surface area contributed by atoms with Gasteiger partial charge in [-0.15, -0.1) is 0 Å². The average molecular weight is 396 g/mol. The van der Waals surface area contributed by atoms with E-state index in [-0.39, 0.29) is 22.8 Å². The van der Waals surface area contributed by atoms with Gasteiger partial charge in [-0.2, -0.15) is 0 Å². The smallest absolute Gasteiger partial charge is 0.408 e. The summed E-state index contributed by atoms with van der Waals surface area (Å²) in [7, 11) is 0. The summed E-state index contributed by atoms with van der Waals surface area (Å²) < 4.78 is 15.6. The van der Waals surface area contributed by atoms with Crippen LogP contribution in [-0.4, -0.2) is 23.7 Å². The molecule has 146 valence electrons. The van der Waals surface area contributed by atoms with Crippen molar-refractivity contribution in [3.05, 3.63) is 39.2 Å². The first kappa shape index (κ1) is 20.8. The van der Waals surface area contributed by atoms with Crippen LogP contribution in [0.1, 0.15) is 39.7 Å². The summed E-state index contributed by atoms with van der Waals surface area (Å²) in [5.74, 6) is -0.674. The normalized spacial score (nSPS) is 12.5. The van der Waals surface area contributed by atoms with E-state index < -0.39 is 29.3 Å². The van der Waals surface area contributed by atoms with Crippen LogP contribution in [0.5, 0.6) is 5.75 Å². The quantitative estimate of drug-likeness (QED) is 0.478. The van der Waals surface area contributed by atoms with E-state index in [2.05, 4.69) is 5.32 Å². The molecule has 1 amide bonds. The van der Waals surface area contributed by atoms with Gasteiger partial charge in [-0.25, -0.2) is 14.4 Å². The summed E-state index contributed by atoms with van der Waals surface area (Å²) in [6, 6.07) is 3.36. The summed E-state index contributed by atoms with van der Waals surface area (Å²) in [4.78, 5) is 35.9. The van der Waals surface area contributed by atoms with Crippen molar-refractivity contribution in [2.45, 2.75) is 52.7 Å². The zero-order valence-electron chi connectivity index (χ0n) is 15.8. The monoisotopic (exact) mass is 395 g/mol. The fraction of sp³-hybridized carbons (Fsp3) is 0.421. The molecule has 1 atom stereocenters. The lowest BCUT2D eigenvalue weighted by Crippen LogP contribution is -2.44. The van der Waals surface area contributed by atoms with Crippen LogP contribution < -0.4 is 15.7 Å². The highest BCUT2D eigenvalue weighted by Gasteiger charge is 2.25. The highest BCUT2D eigenvalue weighted by molar-refractivity contribution is 6.33. The molecule has 0 aliphatic carbocycles. The number of fused-ring (bicyclic) bond motifs is 1. The zero-order chi connectivity index (χ0) is 20.4. The van der Waals surface area contributed by atoms with Gasteiger partial charge < -0.3 is 19.2 Å². The Bertz CT molecular complexity index is 928. The number of alkyl carbamates (subject to hydrolysis) is 1. The second-order valence-electron chi connectivity index (χ2n) is 7.06. The highest BCUT2D eigenvalue weighted by Crippen LogP contribution is 2.31. The van der Waals surface area contributed by atoms with E-state index in [0.29, 0.717) is 10.9 Å². The maximum absolute atomic E-state index is 12.4. The number of rotatable bonds is 4. The lowest BCUT2D eigenvalue weighted by atomic mass is 10.1. The van der Waals surface area contributed by atoms with Gasteiger partial charge in [0.05, 0.1) is 5.02 Å². The standard InChI is InChI=1S/C19H22ClNO6/c1-6-13(21-18(24)27-19(3,4)5)17(23)26-15-9-14-11(8-12(15)20)10(2)7-16(22)25-14/h7-9,13H,6H2,1-5H3,(H,21,24)/t13-/m0/s1. The number of esters is 1. The number of nitrogens with one attached hydrogen (secondary N) is 1. The minimum atomic E-state index is -0.920. The van der Waals surface area contributed by atoms with Crippen LogP contribution in [0.4, 0.5) is 4.79 Å². The van der Waals surface area contributed by atoms with E-state index >= 15 is 0 Å². The van der Waals surface area contributed by atoms with Crippen molar-refractivity contribution in [1.82, 2.24) is 5.32 Å². The summed E-state index contributed by atoms with van der Waals surface area (Å²) >= 11 is 6.19. The molecule has 0 radical (unpaired) electrons. The Morgan fingerprint density at radius 3 is 2.52 bits per heavy atom. The molecule has 27 heavy (non-hydrogen) atoms. The molecule has 0 fully saturated rings. The SMILES string of the molecule is CC[C@H](NC(=O)OC(C)(C)C)C(=O)Oc1cc2oc(=O)cc(C)c2cc1Cl. The van der Waals surface area contributed by atoms with E-state index in [1.165, 1.54) is 12.1 Å². The number of hydrogen-bond donors (Lipinski definition) is 1. The van der Waals surface area contributed by atoms with Gasteiger partial charge in [0.1, 0.15) is 17.2 Å². The summed E-state index contributed by atoms with van der Waals surface area (Å²) in [6.45, 7) is 8.62. The molecule has 0 aliphatic rings. The first-order valence-electron chi connectivity index (χ1n) is 8.45. The van der Waals surface area contributed by atoms with Crippen molar-refractivity contribution in [3.63, 3.8) is 0 Å². The molecule has 1 heterocycles. The molecule has 0 saturated carbocycles. The van der Waals surface area contributed by atoms with Crippen LogP contribution in [0.25, 0.3) is 11.0 Å². The molecule has 2 aromatic rings. The second kappa shape index (κ2) is 8.00. The maximum atomic E-state index is 12.4. The lowest BCUT2D eigenvalue weighted by molar-refractivity contribution is -0.136. The van der Waals surface area contributed by atoms with Gasteiger partial charge in [0.2, 0.25) is 0 Å². The molecular formula is C19H22ClNO6. The number of ether oxygens (including phenoxy) is 2. The van der Waals surface area contributed by atoms with Crippen molar-refractivity contribution in [1.29, 1.82) is 0 Å². The van der Waals surface area contributed by atoms with Gasteiger partial charge in [-0.3, -0.25) is 0 Å². The third-order valence-electron chi connectivity index (χ3n) is 3.60. The van der Waals surface area contributed by atoms with E-state index in [1.54, 1.807) is 40.7 Å². The molecule has 1 aromatic heterocycles. The number of carbonyl (C=O) groups is 2. The molecule has 0 saturated heterocycles. The molecule has 0 spiro atoms. The molecule has 0 aliphatic heterocycles. The number of hydrogen-bond acceptors (Lipinski definition) is 6. The van der Waals surface area contributed by atoms with Crippen LogP contribution >= 0.6 is 11.6 Å². The molecular weight excluding hydrogens is 374 g/mol. The molecule has 8 heteroatoms. The molecule has 2 rings (SSSR count). The van der Waals surface area contributed by atoms with E-state index in [1.807, 2.05) is 0 Å². The summed E-state index contributed by atoms with van der Waals surface area (Å²) in [5, 5.41) is 3.28. The molecule has 0 bridgehead atoms. The number of halogens is 1. The Kier molecular flexibility index (Phi) is 6.15. The highest BCUT2D eigenvalue weighted by atomic mass is 35.5. The van der Waals surface area contributed by atoms with Crippen molar-refractivity contribution < 1.29 is 23.5 Å². The van der Waals surface area contributed by atoms with Crippen LogP contribution in [0.2, 0.25) is 5.02 Å².